The second-order valence-corrected chi connectivity index (χ2v) is 9.02. The van der Waals surface area contributed by atoms with Gasteiger partial charge in [0, 0.05) is 19.1 Å². The summed E-state index contributed by atoms with van der Waals surface area (Å²) in [6.45, 7) is 1.45. The van der Waals surface area contributed by atoms with E-state index >= 15 is 0 Å². The molecule has 1 saturated heterocycles. The summed E-state index contributed by atoms with van der Waals surface area (Å²) in [6.07, 6.45) is 1.23. The molecular weight excluding hydrogens is 484 g/mol. The van der Waals surface area contributed by atoms with Crippen molar-refractivity contribution in [2.75, 3.05) is 13.1 Å². The van der Waals surface area contributed by atoms with Gasteiger partial charge < -0.3 is 15.5 Å². The van der Waals surface area contributed by atoms with E-state index in [2.05, 4.69) is 10.6 Å². The van der Waals surface area contributed by atoms with Gasteiger partial charge in [-0.1, -0.05) is 41.4 Å². The van der Waals surface area contributed by atoms with E-state index in [4.69, 9.17) is 23.2 Å². The lowest BCUT2D eigenvalue weighted by molar-refractivity contribution is -0.143. The molecule has 0 saturated carbocycles. The summed E-state index contributed by atoms with van der Waals surface area (Å²) < 4.78 is 13.0. The number of rotatable bonds is 9. The molecule has 0 bridgehead atoms. The van der Waals surface area contributed by atoms with E-state index in [0.29, 0.717) is 28.5 Å². The molecule has 34 heavy (non-hydrogen) atoms. The van der Waals surface area contributed by atoms with E-state index in [-0.39, 0.29) is 31.5 Å². The third-order valence-corrected chi connectivity index (χ3v) is 6.25. The molecule has 180 valence electrons. The van der Waals surface area contributed by atoms with Crippen LogP contribution in [0.4, 0.5) is 4.39 Å². The number of hydrogen-bond donors (Lipinski definition) is 2. The maximum Gasteiger partial charge on any atom is 0.291 e. The van der Waals surface area contributed by atoms with Gasteiger partial charge in [0.25, 0.3) is 5.91 Å². The molecular formula is C24H24Cl2FN3O4. The van der Waals surface area contributed by atoms with Crippen molar-refractivity contribution in [1.29, 1.82) is 0 Å². The molecule has 2 aromatic rings. The van der Waals surface area contributed by atoms with Crippen molar-refractivity contribution in [1.82, 2.24) is 15.5 Å². The molecule has 10 heteroatoms. The van der Waals surface area contributed by atoms with Gasteiger partial charge in [0.15, 0.2) is 0 Å². The minimum Gasteiger partial charge on any atom is -0.353 e. The van der Waals surface area contributed by atoms with Crippen molar-refractivity contribution >= 4 is 46.7 Å². The topological polar surface area (TPSA) is 95.6 Å². The van der Waals surface area contributed by atoms with Crippen molar-refractivity contribution in [3.8, 4) is 0 Å². The van der Waals surface area contributed by atoms with Crippen LogP contribution in [0, 0.1) is 11.7 Å². The Labute approximate surface area is 206 Å². The molecule has 1 aliphatic rings. The van der Waals surface area contributed by atoms with Crippen LogP contribution in [0.15, 0.2) is 42.5 Å². The lowest BCUT2D eigenvalue weighted by Gasteiger charge is -2.17. The first-order chi connectivity index (χ1) is 16.1. The van der Waals surface area contributed by atoms with Crippen molar-refractivity contribution in [2.45, 2.75) is 32.4 Å². The molecule has 2 unspecified atom stereocenters. The lowest BCUT2D eigenvalue weighted by atomic mass is 10.0. The monoisotopic (exact) mass is 507 g/mol. The number of likely N-dealkylation sites (tertiary alicyclic amines) is 1. The third kappa shape index (κ3) is 6.77. The Morgan fingerprint density at radius 2 is 1.76 bits per heavy atom. The van der Waals surface area contributed by atoms with Crippen LogP contribution in [0.1, 0.15) is 24.5 Å². The van der Waals surface area contributed by atoms with Crippen molar-refractivity contribution in [2.24, 2.45) is 5.92 Å². The molecule has 1 heterocycles. The number of halogens is 3. The molecule has 2 atom stereocenters. The van der Waals surface area contributed by atoms with Gasteiger partial charge in [-0.3, -0.25) is 19.2 Å². The predicted octanol–water partition coefficient (Wildman–Crippen LogP) is 2.91. The molecule has 1 aliphatic heterocycles. The van der Waals surface area contributed by atoms with E-state index in [9.17, 15) is 23.6 Å². The minimum absolute atomic E-state index is 0.148. The van der Waals surface area contributed by atoms with Crippen molar-refractivity contribution < 1.29 is 23.6 Å². The number of carbonyl (C=O) groups excluding carboxylic acids is 4. The first-order valence-electron chi connectivity index (χ1n) is 10.7. The molecule has 0 aliphatic carbocycles. The number of benzene rings is 2. The summed E-state index contributed by atoms with van der Waals surface area (Å²) in [5.41, 5.74) is 1.64. The number of Topliss-reactive ketones (excluding diaryl/α,β-unsaturated/α-hetero) is 1. The third-order valence-electron chi connectivity index (χ3n) is 5.51. The Morgan fingerprint density at radius 1 is 1.09 bits per heavy atom. The molecule has 2 aromatic carbocycles. The summed E-state index contributed by atoms with van der Waals surface area (Å²) in [5, 5.41) is 6.29. The molecule has 3 amide bonds. The van der Waals surface area contributed by atoms with E-state index in [1.54, 1.807) is 19.1 Å². The summed E-state index contributed by atoms with van der Waals surface area (Å²) in [4.78, 5) is 50.5. The Morgan fingerprint density at radius 3 is 2.44 bits per heavy atom. The van der Waals surface area contributed by atoms with E-state index in [1.165, 1.54) is 24.3 Å². The van der Waals surface area contributed by atoms with Gasteiger partial charge in [0.1, 0.15) is 11.7 Å². The summed E-state index contributed by atoms with van der Waals surface area (Å²) in [5.74, 6) is -4.27. The SMILES string of the molecule is CC(CCc1ccc(Cl)c(Cl)c1)NC(=O)C1CN(CC(=O)NCc2ccc(F)cc2)C(=O)C1=O. The molecule has 0 aromatic heterocycles. The largest absolute Gasteiger partial charge is 0.353 e. The smallest absolute Gasteiger partial charge is 0.291 e. The predicted molar refractivity (Wildman–Crippen MR) is 126 cm³/mol. The molecule has 7 nitrogen and oxygen atoms in total. The average Bonchev–Trinajstić information content (AvgIpc) is 3.08. The van der Waals surface area contributed by atoms with E-state index in [0.717, 1.165) is 10.5 Å². The fraction of sp³-hybridized carbons (Fsp3) is 0.333. The molecule has 1 fully saturated rings. The highest BCUT2D eigenvalue weighted by atomic mass is 35.5. The maximum absolute atomic E-state index is 13.0. The number of carbonyl (C=O) groups is 4. The Balaban J connectivity index is 1.47. The zero-order valence-corrected chi connectivity index (χ0v) is 20.0. The normalized spacial score (nSPS) is 16.5. The minimum atomic E-state index is -1.16. The van der Waals surface area contributed by atoms with Crippen LogP contribution in [0.2, 0.25) is 10.0 Å². The number of amides is 3. The Kier molecular flexibility index (Phi) is 8.63. The van der Waals surface area contributed by atoms with E-state index < -0.39 is 29.4 Å². The van der Waals surface area contributed by atoms with Crippen molar-refractivity contribution in [3.05, 3.63) is 69.5 Å². The second-order valence-electron chi connectivity index (χ2n) is 8.20. The average molecular weight is 508 g/mol. The number of nitrogens with one attached hydrogen (secondary N) is 2. The lowest BCUT2D eigenvalue weighted by Crippen LogP contribution is -2.41. The van der Waals surface area contributed by atoms with Gasteiger partial charge in [0.05, 0.1) is 16.6 Å². The Hall–Kier alpha value is -2.97. The molecule has 0 spiro atoms. The molecule has 2 N–H and O–H groups in total. The highest BCUT2D eigenvalue weighted by Gasteiger charge is 2.43. The van der Waals surface area contributed by atoms with Crippen molar-refractivity contribution in [3.63, 3.8) is 0 Å². The fourth-order valence-corrected chi connectivity index (χ4v) is 3.88. The zero-order valence-electron chi connectivity index (χ0n) is 18.4. The van der Waals surface area contributed by atoms with Gasteiger partial charge in [-0.25, -0.2) is 4.39 Å². The first kappa shape index (κ1) is 25.6. The van der Waals surface area contributed by atoms with Crippen LogP contribution >= 0.6 is 23.2 Å². The maximum atomic E-state index is 13.0. The van der Waals surface area contributed by atoms with Crippen LogP contribution in [0.25, 0.3) is 0 Å². The van der Waals surface area contributed by atoms with Crippen LogP contribution in [-0.2, 0) is 32.1 Å². The quantitative estimate of drug-likeness (QED) is 0.402. The van der Waals surface area contributed by atoms with Gasteiger partial charge in [-0.05, 0) is 55.2 Å². The fourth-order valence-electron chi connectivity index (χ4n) is 3.56. The van der Waals surface area contributed by atoms with Gasteiger partial charge in [-0.2, -0.15) is 0 Å². The first-order valence-corrected chi connectivity index (χ1v) is 11.5. The number of ketones is 1. The highest BCUT2D eigenvalue weighted by Crippen LogP contribution is 2.23. The number of hydrogen-bond acceptors (Lipinski definition) is 4. The highest BCUT2D eigenvalue weighted by molar-refractivity contribution is 6.43. The molecule has 0 radical (unpaired) electrons. The second kappa shape index (κ2) is 11.4. The van der Waals surface area contributed by atoms with Crippen LogP contribution < -0.4 is 10.6 Å². The standard InChI is InChI=1S/C24H24Cl2FN3O4/c1-14(2-3-15-6-9-19(25)20(26)10-15)29-23(33)18-12-30(24(34)22(18)32)13-21(31)28-11-16-4-7-17(27)8-5-16/h4-10,14,18H,2-3,11-13H2,1H3,(H,28,31)(H,29,33). The summed E-state index contributed by atoms with van der Waals surface area (Å²) >= 11 is 11.9. The number of aryl methyl sites for hydroxylation is 1. The Bertz CT molecular complexity index is 1090. The van der Waals surface area contributed by atoms with Crippen LogP contribution in [-0.4, -0.2) is 47.5 Å². The number of nitrogens with zero attached hydrogens (tertiary/aromatic N) is 1. The van der Waals surface area contributed by atoms with Crippen LogP contribution in [0.5, 0.6) is 0 Å². The summed E-state index contributed by atoms with van der Waals surface area (Å²) in [7, 11) is 0. The van der Waals surface area contributed by atoms with Gasteiger partial charge in [0.2, 0.25) is 17.6 Å². The van der Waals surface area contributed by atoms with Crippen LogP contribution in [0.3, 0.4) is 0 Å². The summed E-state index contributed by atoms with van der Waals surface area (Å²) in [6, 6.07) is 10.7. The van der Waals surface area contributed by atoms with Gasteiger partial charge >= 0.3 is 0 Å². The molecule has 3 rings (SSSR count). The zero-order chi connectivity index (χ0) is 24.8. The van der Waals surface area contributed by atoms with E-state index in [1.807, 2.05) is 6.07 Å². The van der Waals surface area contributed by atoms with Gasteiger partial charge in [-0.15, -0.1) is 0 Å².